The molecule has 15 rings (SSSR count). The fourth-order valence-electron chi connectivity index (χ4n) is 13.6. The number of methoxy groups -OCH3 is 4. The van der Waals surface area contributed by atoms with Crippen molar-refractivity contribution in [2.75, 3.05) is 76.3 Å². The Labute approximate surface area is 597 Å². The number of nitrogen functional groups attached to an aromatic ring is 2. The molecule has 8 aliphatic heterocycles. The first-order valence-corrected chi connectivity index (χ1v) is 32.5. The van der Waals surface area contributed by atoms with Gasteiger partial charge in [0, 0.05) is 119 Å². The van der Waals surface area contributed by atoms with Gasteiger partial charge in [0.2, 0.25) is 47.3 Å². The van der Waals surface area contributed by atoms with Gasteiger partial charge in [-0.2, -0.15) is 9.97 Å². The highest BCUT2D eigenvalue weighted by atomic mass is 16.6. The van der Waals surface area contributed by atoms with Crippen LogP contribution in [0.25, 0.3) is 22.3 Å². The Morgan fingerprint density at radius 3 is 1.38 bits per heavy atom. The molecular weight excluding hydrogens is 1380 g/mol. The largest absolute Gasteiger partial charge is 1.00 e. The summed E-state index contributed by atoms with van der Waals surface area (Å²) in [6.45, 7) is 3.33. The summed E-state index contributed by atoms with van der Waals surface area (Å²) >= 11 is 0. The maximum absolute atomic E-state index is 13.1. The summed E-state index contributed by atoms with van der Waals surface area (Å²) in [5.41, 5.74) is 22.7. The second-order valence-electron chi connectivity index (χ2n) is 24.7. The van der Waals surface area contributed by atoms with E-state index in [0.717, 1.165) is 16.8 Å². The molecule has 9 amide bonds. The van der Waals surface area contributed by atoms with Crippen molar-refractivity contribution in [2.24, 2.45) is 0 Å². The van der Waals surface area contributed by atoms with Crippen LogP contribution in [0.5, 0.6) is 0 Å². The van der Waals surface area contributed by atoms with E-state index in [0.29, 0.717) is 59.6 Å². The minimum absolute atomic E-state index is 0. The van der Waals surface area contributed by atoms with Gasteiger partial charge in [-0.05, 0) is 55.7 Å². The Balaban J connectivity index is 0.000000188. The third-order valence-corrected chi connectivity index (χ3v) is 18.6. The quantitative estimate of drug-likeness (QED) is 0.0289. The van der Waals surface area contributed by atoms with Crippen LogP contribution in [0.2, 0.25) is 0 Å². The molecule has 3 aromatic carbocycles. The first-order chi connectivity index (χ1) is 50.1. The van der Waals surface area contributed by atoms with Gasteiger partial charge in [0.25, 0.3) is 28.8 Å². The molecule has 40 nitrogen and oxygen atoms in total. The minimum Gasteiger partial charge on any atom is -0.412 e. The number of fused-ring (bicyclic) bond motifs is 5. The Bertz CT molecular complexity index is 4650. The van der Waals surface area contributed by atoms with Crippen LogP contribution >= 0.6 is 0 Å². The molecule has 4 aromatic heterocycles. The number of hydrogen-bond acceptors (Lipinski definition) is 29. The molecular formula is C65H79N19O21+2. The van der Waals surface area contributed by atoms with Gasteiger partial charge in [0.1, 0.15) is 61.5 Å². The average molecular weight is 1460 g/mol. The molecule has 12 heterocycles. The Morgan fingerprint density at radius 2 is 0.962 bits per heavy atom. The fourth-order valence-corrected chi connectivity index (χ4v) is 13.6. The molecule has 105 heavy (non-hydrogen) atoms. The van der Waals surface area contributed by atoms with Crippen molar-refractivity contribution in [3.8, 4) is 0 Å². The minimum atomic E-state index is -1.08. The maximum Gasteiger partial charge on any atom is 1.00 e. The summed E-state index contributed by atoms with van der Waals surface area (Å²) in [5, 5.41) is 31.2. The Hall–Kier alpha value is -11.5. The molecule has 558 valence electrons. The number of carbonyl (C=O) groups excluding carboxylic acids is 10. The smallest absolute Gasteiger partial charge is 0.412 e. The number of aromatic nitrogens is 8. The van der Waals surface area contributed by atoms with Gasteiger partial charge in [-0.25, -0.2) is 9.97 Å². The highest BCUT2D eigenvalue weighted by Gasteiger charge is 2.48. The number of benzene rings is 3. The summed E-state index contributed by atoms with van der Waals surface area (Å²) in [6.07, 6.45) is -1.59. The van der Waals surface area contributed by atoms with E-state index in [-0.39, 0.29) is 129 Å². The van der Waals surface area contributed by atoms with E-state index in [4.69, 9.17) is 44.7 Å². The van der Waals surface area contributed by atoms with Crippen molar-refractivity contribution in [3.05, 3.63) is 121 Å². The van der Waals surface area contributed by atoms with Crippen molar-refractivity contribution in [1.82, 2.24) is 69.7 Å². The first kappa shape index (κ1) is 76.1. The second kappa shape index (κ2) is 32.4. The van der Waals surface area contributed by atoms with Gasteiger partial charge in [-0.1, -0.05) is 18.2 Å². The van der Waals surface area contributed by atoms with Crippen molar-refractivity contribution in [3.63, 3.8) is 0 Å². The topological polar surface area (TPSA) is 559 Å². The van der Waals surface area contributed by atoms with Gasteiger partial charge in [0.05, 0.1) is 31.6 Å². The van der Waals surface area contributed by atoms with Gasteiger partial charge in [-0.15, -0.1) is 0 Å². The van der Waals surface area contributed by atoms with Gasteiger partial charge in [0.15, 0.2) is 34.8 Å². The number of amides is 9. The van der Waals surface area contributed by atoms with Crippen LogP contribution in [0.1, 0.15) is 102 Å². The number of carbonyl (C=O) groups is 10. The SMILES string of the molecule is C=O.CNc1cccc2c1CN(C1CCC(=O)NC1=O)C2=O.COCC1OC(n2cnc3c(=O)[nH]c(N)nc32)C(O)C1OC.COCC1OC(n2cnc3c(=O)[nH]c(NNc4cccc5c4CN(C4CCC(=O)NC4=O)C5=O)nc32)C(O)C1OC.Nc1cccc2c1CN(C1CCC(=O)NC1=O)C2=O.O.[H+].[H+]. The van der Waals surface area contributed by atoms with Gasteiger partial charge in [-0.3, -0.25) is 98.6 Å². The zero-order chi connectivity index (χ0) is 74.5. The number of H-pyrrole nitrogens is 2. The lowest BCUT2D eigenvalue weighted by Gasteiger charge is -2.29. The monoisotopic (exact) mass is 1460 g/mol. The van der Waals surface area contributed by atoms with E-state index in [2.05, 4.69) is 62.0 Å². The van der Waals surface area contributed by atoms with Crippen LogP contribution in [0.4, 0.5) is 29.0 Å². The lowest BCUT2D eigenvalue weighted by molar-refractivity contribution is -0.138. The molecule has 0 radical (unpaired) electrons. The van der Waals surface area contributed by atoms with Crippen LogP contribution < -0.4 is 54.7 Å². The van der Waals surface area contributed by atoms with Crippen molar-refractivity contribution >= 4 is 111 Å². The summed E-state index contributed by atoms with van der Waals surface area (Å²) in [4.78, 5) is 167. The number of imidazole rings is 2. The van der Waals surface area contributed by atoms with Crippen LogP contribution in [0, 0.1) is 0 Å². The number of nitrogens with two attached hydrogens (primary N) is 2. The molecule has 7 aromatic rings. The van der Waals surface area contributed by atoms with Crippen LogP contribution in [-0.2, 0) is 81.6 Å². The van der Waals surface area contributed by atoms with E-state index < -0.39 is 90.1 Å². The zero-order valence-electron chi connectivity index (χ0n) is 59.1. The Morgan fingerprint density at radius 1 is 0.562 bits per heavy atom. The summed E-state index contributed by atoms with van der Waals surface area (Å²) < 4.78 is 35.6. The molecule has 5 fully saturated rings. The van der Waals surface area contributed by atoms with Crippen LogP contribution in [0.3, 0.4) is 0 Å². The standard InChI is InChI=1S/C25H28N8O8.C14H15N3O3.C13H13N3O3.C12H17N5O5.CH2O.H2O/c1-39-9-15-19(40-2)18(35)24(41-15)33-10-26-17-20(33)28-25(29-22(17)37)31-30-13-5-3-4-11-12(13)8-32(23(11)38)14-6-7-16(34)27-21(14)36;1-15-10-4-2-3-8-9(10)7-17(14(8)20)11-5-6-12(18)16-13(11)19;14-9-3-1-2-7-8(9)6-16(13(7)19)10-4-5-11(17)15-12(10)18;1-20-3-5-8(21-2)7(18)11(22-5)17-4-14-6-9(17)15-12(13)16-10(6)19;1-2;/h3-5,10,14-15,18-19,24,30,35H,6-9H2,1-2H3,(H,27,34,36)(H2,28,29,31,37);2-4,11,15H,5-7H2,1H3,(H,16,18,19);1-3,10H,4-6,14H2,(H,15,17,18);4-5,7-8,11,18H,3H2,1-2H3,(H3,13,15,16,19);1H2;1H2/p+2. The summed E-state index contributed by atoms with van der Waals surface area (Å²) in [6, 6.07) is 13.8. The molecule has 0 bridgehead atoms. The fraction of sp³-hybridized carbons (Fsp3) is 0.415. The number of anilines is 5. The van der Waals surface area contributed by atoms with E-state index >= 15 is 0 Å². The number of nitrogens with one attached hydrogen (secondary N) is 8. The number of nitrogens with zero attached hydrogens (tertiary/aromatic N) is 9. The van der Waals surface area contributed by atoms with Crippen molar-refractivity contribution in [2.45, 2.75) is 125 Å². The average Bonchev–Trinajstić information content (AvgIpc) is 1.23. The number of ether oxygens (including phenoxy) is 6. The van der Waals surface area contributed by atoms with Gasteiger partial charge < -0.3 is 80.4 Å². The van der Waals surface area contributed by atoms with Crippen LogP contribution in [-0.4, -0.2) is 233 Å². The highest BCUT2D eigenvalue weighted by Crippen LogP contribution is 2.38. The Kier molecular flexibility index (Phi) is 23.5. The molecule has 16 N–H and O–H groups in total. The number of rotatable bonds is 15. The number of aliphatic hydroxyl groups is 2. The van der Waals surface area contributed by atoms with Crippen molar-refractivity contribution < 1.29 is 94.9 Å². The lowest BCUT2D eigenvalue weighted by atomic mass is 10.0. The van der Waals surface area contributed by atoms with E-state index in [1.807, 2.05) is 18.9 Å². The second-order valence-corrected chi connectivity index (χ2v) is 24.7. The molecule has 40 heteroatoms. The molecule has 11 atom stereocenters. The predicted octanol–water partition coefficient (Wildman–Crippen LogP) is -2.40. The zero-order valence-corrected chi connectivity index (χ0v) is 57.1. The normalized spacial score (nSPS) is 24.4. The first-order valence-electron chi connectivity index (χ1n) is 32.5. The number of aliphatic hydroxyl groups excluding tert-OH is 2. The summed E-state index contributed by atoms with van der Waals surface area (Å²) in [5.74, 6) is -2.86. The molecule has 0 spiro atoms. The molecule has 0 aliphatic carbocycles. The van der Waals surface area contributed by atoms with Gasteiger partial charge >= 0.3 is 2.85 Å². The lowest BCUT2D eigenvalue weighted by Crippen LogP contribution is -2.52. The molecule has 0 saturated carbocycles. The number of hydrogen-bond donors (Lipinski definition) is 12. The number of hydrazine groups is 1. The molecule has 8 aliphatic rings. The number of piperidine rings is 3. The molecule has 11 unspecified atom stereocenters. The third kappa shape index (κ3) is 15.0. The highest BCUT2D eigenvalue weighted by molar-refractivity contribution is 6.08. The van der Waals surface area contributed by atoms with Crippen LogP contribution in [0.15, 0.2) is 76.8 Å². The maximum atomic E-state index is 13.1. The summed E-state index contributed by atoms with van der Waals surface area (Å²) in [7, 11) is 7.79. The van der Waals surface area contributed by atoms with E-state index in [9.17, 15) is 63.0 Å². The van der Waals surface area contributed by atoms with E-state index in [1.165, 1.54) is 60.0 Å². The predicted molar refractivity (Wildman–Crippen MR) is 368 cm³/mol. The molecule has 5 saturated heterocycles. The number of aromatic amines is 2. The van der Waals surface area contributed by atoms with Crippen molar-refractivity contribution in [1.29, 1.82) is 0 Å². The third-order valence-electron chi connectivity index (χ3n) is 18.6. The van der Waals surface area contributed by atoms with E-state index in [1.54, 1.807) is 54.4 Å². The number of imide groups is 3.